The van der Waals surface area contributed by atoms with Crippen molar-refractivity contribution < 1.29 is 28.0 Å². The van der Waals surface area contributed by atoms with Crippen molar-refractivity contribution in [3.63, 3.8) is 0 Å². The molecule has 0 saturated carbocycles. The van der Waals surface area contributed by atoms with Crippen LogP contribution in [0.25, 0.3) is 27.7 Å². The highest BCUT2D eigenvalue weighted by Crippen LogP contribution is 2.40. The minimum absolute atomic E-state index is 0.208. The van der Waals surface area contributed by atoms with E-state index in [0.29, 0.717) is 39.0 Å². The number of carbonyl (C=O) groups is 1. The van der Waals surface area contributed by atoms with E-state index in [9.17, 15) is 23.7 Å². The summed E-state index contributed by atoms with van der Waals surface area (Å²) in [5.41, 5.74) is 0.264. The van der Waals surface area contributed by atoms with Crippen LogP contribution in [0.4, 0.5) is 14.5 Å². The molecule has 3 heterocycles. The van der Waals surface area contributed by atoms with Crippen molar-refractivity contribution in [3.05, 3.63) is 68.7 Å². The lowest BCUT2D eigenvalue weighted by molar-refractivity contribution is -0.385. The van der Waals surface area contributed by atoms with Gasteiger partial charge in [0.15, 0.2) is 11.6 Å². The zero-order valence-electron chi connectivity index (χ0n) is 16.1. The molecule has 1 aromatic carbocycles. The molecule has 0 radical (unpaired) electrons. The summed E-state index contributed by atoms with van der Waals surface area (Å²) in [6.07, 6.45) is 2.88. The third kappa shape index (κ3) is 3.38. The molecule has 11 heteroatoms. The van der Waals surface area contributed by atoms with Gasteiger partial charge in [-0.1, -0.05) is 0 Å². The number of nitro benzene ring substituents is 1. The highest BCUT2D eigenvalue weighted by Gasteiger charge is 2.24. The molecule has 4 rings (SSSR count). The molecule has 0 unspecified atom stereocenters. The molecule has 0 bridgehead atoms. The number of nitro groups is 1. The summed E-state index contributed by atoms with van der Waals surface area (Å²) in [6, 6.07) is 4.43. The topological polar surface area (TPSA) is 96.5 Å². The third-order valence-electron chi connectivity index (χ3n) is 4.63. The Labute approximate surface area is 177 Å². The molecule has 0 aliphatic carbocycles. The number of hydrogen-bond donors (Lipinski definition) is 0. The van der Waals surface area contributed by atoms with Gasteiger partial charge in [-0.05, 0) is 23.1 Å². The Balaban J connectivity index is 2.00. The SMILES string of the molecule is COC(=O)c1cc(-c2cn(-c3c(F)cc([N+](=O)[O-])cc3F)c3ccnc(OC)c23)cs1. The van der Waals surface area contributed by atoms with E-state index in [1.807, 2.05) is 0 Å². The summed E-state index contributed by atoms with van der Waals surface area (Å²) in [5.74, 6) is -2.52. The van der Waals surface area contributed by atoms with Gasteiger partial charge >= 0.3 is 5.97 Å². The van der Waals surface area contributed by atoms with E-state index < -0.39 is 33.9 Å². The Kier molecular flexibility index (Phi) is 5.11. The van der Waals surface area contributed by atoms with Crippen LogP contribution in [-0.4, -0.2) is 34.7 Å². The maximum Gasteiger partial charge on any atom is 0.348 e. The number of benzene rings is 1. The molecule has 0 N–H and O–H groups in total. The van der Waals surface area contributed by atoms with E-state index in [-0.39, 0.29) is 5.88 Å². The first-order valence-corrected chi connectivity index (χ1v) is 9.58. The number of non-ortho nitro benzene ring substituents is 1. The zero-order chi connectivity index (χ0) is 22.3. The molecule has 158 valence electrons. The van der Waals surface area contributed by atoms with E-state index in [0.717, 1.165) is 11.3 Å². The summed E-state index contributed by atoms with van der Waals surface area (Å²) < 4.78 is 40.8. The van der Waals surface area contributed by atoms with E-state index in [1.165, 1.54) is 37.2 Å². The van der Waals surface area contributed by atoms with Crippen LogP contribution < -0.4 is 4.74 Å². The molecular formula is C20H13F2N3O5S. The molecule has 0 spiro atoms. The van der Waals surface area contributed by atoms with Crippen molar-refractivity contribution in [2.75, 3.05) is 14.2 Å². The second kappa shape index (κ2) is 7.76. The predicted molar refractivity (Wildman–Crippen MR) is 109 cm³/mol. The average molecular weight is 445 g/mol. The summed E-state index contributed by atoms with van der Waals surface area (Å²) in [4.78, 5) is 26.4. The van der Waals surface area contributed by atoms with Crippen LogP contribution in [0.3, 0.4) is 0 Å². The normalized spacial score (nSPS) is 11.0. The fourth-order valence-corrected chi connectivity index (χ4v) is 4.11. The molecule has 0 aliphatic rings. The molecule has 3 aromatic heterocycles. The maximum atomic E-state index is 14.8. The van der Waals surface area contributed by atoms with Gasteiger partial charge in [0.05, 0.1) is 42.2 Å². The van der Waals surface area contributed by atoms with Gasteiger partial charge in [0.2, 0.25) is 5.88 Å². The maximum absolute atomic E-state index is 14.8. The molecule has 0 saturated heterocycles. The van der Waals surface area contributed by atoms with Crippen LogP contribution in [0.2, 0.25) is 0 Å². The molecule has 0 amide bonds. The smallest absolute Gasteiger partial charge is 0.348 e. The van der Waals surface area contributed by atoms with Crippen LogP contribution in [0.15, 0.2) is 42.0 Å². The minimum atomic E-state index is -1.11. The van der Waals surface area contributed by atoms with Gasteiger partial charge in [-0.3, -0.25) is 10.1 Å². The number of hydrogen-bond acceptors (Lipinski definition) is 7. The lowest BCUT2D eigenvalue weighted by atomic mass is 10.1. The summed E-state index contributed by atoms with van der Waals surface area (Å²) in [6.45, 7) is 0. The van der Waals surface area contributed by atoms with E-state index in [4.69, 9.17) is 9.47 Å². The summed E-state index contributed by atoms with van der Waals surface area (Å²) >= 11 is 1.15. The van der Waals surface area contributed by atoms with Gasteiger partial charge in [-0.2, -0.15) is 0 Å². The van der Waals surface area contributed by atoms with Crippen molar-refractivity contribution in [1.29, 1.82) is 0 Å². The van der Waals surface area contributed by atoms with Crippen molar-refractivity contribution >= 4 is 33.9 Å². The second-order valence-electron chi connectivity index (χ2n) is 6.33. The first-order valence-electron chi connectivity index (χ1n) is 8.70. The van der Waals surface area contributed by atoms with E-state index >= 15 is 0 Å². The number of methoxy groups -OCH3 is 2. The molecular weight excluding hydrogens is 432 g/mol. The van der Waals surface area contributed by atoms with Crippen molar-refractivity contribution in [1.82, 2.24) is 9.55 Å². The average Bonchev–Trinajstić information content (AvgIpc) is 3.38. The second-order valence-corrected chi connectivity index (χ2v) is 7.24. The van der Waals surface area contributed by atoms with Crippen molar-refractivity contribution in [3.8, 4) is 22.7 Å². The van der Waals surface area contributed by atoms with Crippen LogP contribution in [0.1, 0.15) is 9.67 Å². The van der Waals surface area contributed by atoms with Gasteiger partial charge in [0.25, 0.3) is 5.69 Å². The molecule has 0 fully saturated rings. The lowest BCUT2D eigenvalue weighted by Gasteiger charge is -2.08. The third-order valence-corrected chi connectivity index (χ3v) is 5.54. The van der Waals surface area contributed by atoms with Crippen LogP contribution in [0, 0.1) is 21.7 Å². The van der Waals surface area contributed by atoms with E-state index in [2.05, 4.69) is 4.98 Å². The largest absolute Gasteiger partial charge is 0.480 e. The fourth-order valence-electron chi connectivity index (χ4n) is 3.28. The van der Waals surface area contributed by atoms with Gasteiger partial charge < -0.3 is 14.0 Å². The number of pyridine rings is 1. The van der Waals surface area contributed by atoms with Crippen LogP contribution in [0.5, 0.6) is 5.88 Å². The Hall–Kier alpha value is -3.86. The van der Waals surface area contributed by atoms with Gasteiger partial charge in [0.1, 0.15) is 10.6 Å². The van der Waals surface area contributed by atoms with Crippen molar-refractivity contribution in [2.24, 2.45) is 0 Å². The van der Waals surface area contributed by atoms with Crippen molar-refractivity contribution in [2.45, 2.75) is 0 Å². The number of rotatable bonds is 5. The fraction of sp³-hybridized carbons (Fsp3) is 0.100. The number of esters is 1. The standard InChI is InChI=1S/C20H13F2N3O5S/c1-29-19-17-12(10-5-16(31-9-10)20(26)30-2)8-24(15(17)3-4-23-19)18-13(21)6-11(25(27)28)7-14(18)22/h3-9H,1-2H3. The summed E-state index contributed by atoms with van der Waals surface area (Å²) in [5, 5.41) is 13.1. The monoisotopic (exact) mass is 445 g/mol. The van der Waals surface area contributed by atoms with Crippen LogP contribution >= 0.6 is 11.3 Å². The van der Waals surface area contributed by atoms with Gasteiger partial charge in [-0.15, -0.1) is 11.3 Å². The Morgan fingerprint density at radius 2 is 1.94 bits per heavy atom. The minimum Gasteiger partial charge on any atom is -0.480 e. The highest BCUT2D eigenvalue weighted by atomic mass is 32.1. The van der Waals surface area contributed by atoms with E-state index in [1.54, 1.807) is 11.4 Å². The Morgan fingerprint density at radius 3 is 2.55 bits per heavy atom. The number of ether oxygens (including phenoxy) is 2. The number of carbonyl (C=O) groups excluding carboxylic acids is 1. The molecule has 0 atom stereocenters. The number of fused-ring (bicyclic) bond motifs is 1. The number of nitrogens with zero attached hydrogens (tertiary/aromatic N) is 3. The Morgan fingerprint density at radius 1 is 1.23 bits per heavy atom. The molecule has 4 aromatic rings. The number of thiophene rings is 1. The first kappa shape index (κ1) is 20.4. The zero-order valence-corrected chi connectivity index (χ0v) is 16.9. The Bertz CT molecular complexity index is 1330. The quantitative estimate of drug-likeness (QED) is 0.250. The molecule has 0 aliphatic heterocycles. The van der Waals surface area contributed by atoms with Gasteiger partial charge in [-0.25, -0.2) is 18.6 Å². The first-order chi connectivity index (χ1) is 14.8. The highest BCUT2D eigenvalue weighted by molar-refractivity contribution is 7.12. The summed E-state index contributed by atoms with van der Waals surface area (Å²) in [7, 11) is 2.67. The number of aromatic nitrogens is 2. The molecule has 31 heavy (non-hydrogen) atoms. The molecule has 8 nitrogen and oxygen atoms in total. The van der Waals surface area contributed by atoms with Crippen LogP contribution in [-0.2, 0) is 4.74 Å². The van der Waals surface area contributed by atoms with Gasteiger partial charge in [0, 0.05) is 18.0 Å². The predicted octanol–water partition coefficient (Wildman–Crippen LogP) is 4.74. The number of halogens is 2. The lowest BCUT2D eigenvalue weighted by Crippen LogP contribution is -2.02.